The average molecular weight is 272 g/mol. The molecular weight excluding hydrogens is 252 g/mol. The van der Waals surface area contributed by atoms with E-state index >= 15 is 0 Å². The maximum absolute atomic E-state index is 5.76. The van der Waals surface area contributed by atoms with Crippen molar-refractivity contribution in [2.24, 2.45) is 5.92 Å². The number of oxazole rings is 1. The van der Waals surface area contributed by atoms with Crippen LogP contribution in [0, 0.1) is 19.8 Å². The van der Waals surface area contributed by atoms with E-state index in [4.69, 9.17) is 9.15 Å². The van der Waals surface area contributed by atoms with Crippen molar-refractivity contribution in [3.8, 4) is 5.75 Å². The molecule has 1 aromatic heterocycles. The molecule has 0 bridgehead atoms. The molecule has 0 amide bonds. The van der Waals surface area contributed by atoms with Crippen molar-refractivity contribution in [1.82, 2.24) is 10.3 Å². The first kappa shape index (κ1) is 13.2. The Labute approximate surface area is 119 Å². The summed E-state index contributed by atoms with van der Waals surface area (Å²) in [5, 5.41) is 3.55. The third kappa shape index (κ3) is 2.43. The largest absolute Gasteiger partial charge is 0.493 e. The van der Waals surface area contributed by atoms with E-state index in [0.29, 0.717) is 12.5 Å². The first-order chi connectivity index (χ1) is 9.65. The lowest BCUT2D eigenvalue weighted by Gasteiger charge is -2.31. The second-order valence-electron chi connectivity index (χ2n) is 5.43. The number of hydrogen-bond donors (Lipinski definition) is 1. The normalized spacial score (nSPS) is 21.4. The zero-order valence-electron chi connectivity index (χ0n) is 12.1. The van der Waals surface area contributed by atoms with Crippen LogP contribution >= 0.6 is 0 Å². The Balaban J connectivity index is 1.76. The van der Waals surface area contributed by atoms with Gasteiger partial charge in [-0.15, -0.1) is 0 Å². The van der Waals surface area contributed by atoms with Crippen LogP contribution in [0.2, 0.25) is 0 Å². The first-order valence-corrected chi connectivity index (χ1v) is 7.03. The van der Waals surface area contributed by atoms with Gasteiger partial charge in [-0.2, -0.15) is 0 Å². The molecule has 1 aliphatic heterocycles. The molecule has 0 aliphatic carbocycles. The van der Waals surface area contributed by atoms with Gasteiger partial charge in [0.05, 0.1) is 18.8 Å². The highest BCUT2D eigenvalue weighted by molar-refractivity contribution is 5.37. The minimum atomic E-state index is 0.271. The Hall–Kier alpha value is -1.81. The monoisotopic (exact) mass is 272 g/mol. The molecule has 0 fully saturated rings. The fourth-order valence-corrected chi connectivity index (χ4v) is 2.62. The molecule has 2 atom stereocenters. The van der Waals surface area contributed by atoms with Gasteiger partial charge in [0.2, 0.25) is 5.89 Å². The number of benzene rings is 1. The summed E-state index contributed by atoms with van der Waals surface area (Å²) < 4.78 is 11.4. The topological polar surface area (TPSA) is 47.3 Å². The average Bonchev–Trinajstić information content (AvgIpc) is 2.77. The smallest absolute Gasteiger partial charge is 0.208 e. The Morgan fingerprint density at radius 1 is 1.30 bits per heavy atom. The number of ether oxygens (including phenoxy) is 1. The summed E-state index contributed by atoms with van der Waals surface area (Å²) in [6, 6.07) is 8.47. The number of fused-ring (bicyclic) bond motifs is 1. The predicted molar refractivity (Wildman–Crippen MR) is 76.7 cm³/mol. The van der Waals surface area contributed by atoms with Gasteiger partial charge in [-0.1, -0.05) is 25.1 Å². The fraction of sp³-hybridized carbons (Fsp3) is 0.438. The zero-order valence-corrected chi connectivity index (χ0v) is 12.1. The summed E-state index contributed by atoms with van der Waals surface area (Å²) in [5.74, 6) is 3.03. The molecule has 3 rings (SSSR count). The van der Waals surface area contributed by atoms with Gasteiger partial charge in [0.1, 0.15) is 11.5 Å². The van der Waals surface area contributed by atoms with E-state index in [1.807, 2.05) is 32.0 Å². The van der Waals surface area contributed by atoms with Gasteiger partial charge in [0, 0.05) is 17.5 Å². The highest BCUT2D eigenvalue weighted by Gasteiger charge is 2.27. The lowest BCUT2D eigenvalue weighted by atomic mass is 9.92. The van der Waals surface area contributed by atoms with E-state index in [1.54, 1.807) is 0 Å². The number of nitrogens with zero attached hydrogens (tertiary/aromatic N) is 1. The van der Waals surface area contributed by atoms with Crippen LogP contribution in [0.5, 0.6) is 5.75 Å². The summed E-state index contributed by atoms with van der Waals surface area (Å²) in [6.45, 7) is 7.48. The molecule has 0 radical (unpaired) electrons. The van der Waals surface area contributed by atoms with E-state index in [-0.39, 0.29) is 6.04 Å². The predicted octanol–water partition coefficient (Wildman–Crippen LogP) is 3.15. The number of rotatable bonds is 3. The molecule has 0 saturated carbocycles. The zero-order chi connectivity index (χ0) is 14.1. The summed E-state index contributed by atoms with van der Waals surface area (Å²) >= 11 is 0. The van der Waals surface area contributed by atoms with E-state index < -0.39 is 0 Å². The molecule has 2 aromatic rings. The van der Waals surface area contributed by atoms with Crippen molar-refractivity contribution < 1.29 is 9.15 Å². The lowest BCUT2D eigenvalue weighted by Crippen LogP contribution is -2.33. The molecule has 20 heavy (non-hydrogen) atoms. The van der Waals surface area contributed by atoms with Crippen molar-refractivity contribution in [3.63, 3.8) is 0 Å². The fourth-order valence-electron chi connectivity index (χ4n) is 2.62. The third-order valence-electron chi connectivity index (χ3n) is 3.87. The molecule has 106 valence electrons. The summed E-state index contributed by atoms with van der Waals surface area (Å²) in [7, 11) is 0. The van der Waals surface area contributed by atoms with Crippen LogP contribution in [0.4, 0.5) is 0 Å². The number of para-hydroxylation sites is 1. The molecule has 1 aromatic carbocycles. The highest BCUT2D eigenvalue weighted by atomic mass is 16.5. The van der Waals surface area contributed by atoms with Crippen LogP contribution in [0.1, 0.15) is 35.9 Å². The number of aryl methyl sites for hydroxylation is 2. The SMILES string of the molecule is Cc1nc(CNC2c3ccccc3OCC2C)oc1C. The van der Waals surface area contributed by atoms with E-state index in [1.165, 1.54) is 5.56 Å². The molecule has 1 N–H and O–H groups in total. The maximum Gasteiger partial charge on any atom is 0.208 e. The Kier molecular flexibility index (Phi) is 3.49. The van der Waals surface area contributed by atoms with Gasteiger partial charge in [0.25, 0.3) is 0 Å². The van der Waals surface area contributed by atoms with Crippen LogP contribution in [-0.4, -0.2) is 11.6 Å². The van der Waals surface area contributed by atoms with Gasteiger partial charge >= 0.3 is 0 Å². The van der Waals surface area contributed by atoms with Gasteiger partial charge in [-0.05, 0) is 19.9 Å². The van der Waals surface area contributed by atoms with Gasteiger partial charge in [0.15, 0.2) is 0 Å². The van der Waals surface area contributed by atoms with Crippen molar-refractivity contribution in [1.29, 1.82) is 0 Å². The standard InChI is InChI=1S/C16H20N2O2/c1-10-9-19-14-7-5-4-6-13(14)16(10)17-8-15-18-11(2)12(3)20-15/h4-7,10,16-17H,8-9H2,1-3H3. The number of nitrogens with one attached hydrogen (secondary N) is 1. The molecule has 1 aliphatic rings. The van der Waals surface area contributed by atoms with Crippen LogP contribution < -0.4 is 10.1 Å². The summed E-state index contributed by atoms with van der Waals surface area (Å²) in [6.07, 6.45) is 0. The molecule has 4 nitrogen and oxygen atoms in total. The second-order valence-corrected chi connectivity index (χ2v) is 5.43. The molecule has 0 saturated heterocycles. The van der Waals surface area contributed by atoms with E-state index in [9.17, 15) is 0 Å². The first-order valence-electron chi connectivity index (χ1n) is 7.03. The van der Waals surface area contributed by atoms with Crippen molar-refractivity contribution in [2.45, 2.75) is 33.4 Å². The molecule has 4 heteroatoms. The van der Waals surface area contributed by atoms with Crippen LogP contribution in [0.25, 0.3) is 0 Å². The minimum absolute atomic E-state index is 0.271. The second kappa shape index (κ2) is 5.29. The maximum atomic E-state index is 5.76. The molecular formula is C16H20N2O2. The van der Waals surface area contributed by atoms with Crippen molar-refractivity contribution >= 4 is 0 Å². The third-order valence-corrected chi connectivity index (χ3v) is 3.87. The minimum Gasteiger partial charge on any atom is -0.493 e. The molecule has 2 heterocycles. The molecule has 0 spiro atoms. The van der Waals surface area contributed by atoms with Crippen LogP contribution in [0.15, 0.2) is 28.7 Å². The Morgan fingerprint density at radius 2 is 2.10 bits per heavy atom. The van der Waals surface area contributed by atoms with E-state index in [0.717, 1.165) is 29.7 Å². The summed E-state index contributed by atoms with van der Waals surface area (Å²) in [4.78, 5) is 4.42. The van der Waals surface area contributed by atoms with Crippen molar-refractivity contribution in [3.05, 3.63) is 47.2 Å². The Morgan fingerprint density at radius 3 is 2.85 bits per heavy atom. The van der Waals surface area contributed by atoms with Gasteiger partial charge in [-0.3, -0.25) is 0 Å². The quantitative estimate of drug-likeness (QED) is 0.932. The Bertz CT molecular complexity index is 587. The van der Waals surface area contributed by atoms with Crippen LogP contribution in [0.3, 0.4) is 0 Å². The molecule has 2 unspecified atom stereocenters. The van der Waals surface area contributed by atoms with E-state index in [2.05, 4.69) is 23.3 Å². The number of hydrogen-bond acceptors (Lipinski definition) is 4. The highest BCUT2D eigenvalue weighted by Crippen LogP contribution is 2.35. The van der Waals surface area contributed by atoms with Crippen LogP contribution in [-0.2, 0) is 6.54 Å². The van der Waals surface area contributed by atoms with Gasteiger partial charge < -0.3 is 14.5 Å². The van der Waals surface area contributed by atoms with Crippen molar-refractivity contribution in [2.75, 3.05) is 6.61 Å². The lowest BCUT2D eigenvalue weighted by molar-refractivity contribution is 0.185. The number of aromatic nitrogens is 1. The van der Waals surface area contributed by atoms with Gasteiger partial charge in [-0.25, -0.2) is 4.98 Å². The summed E-state index contributed by atoms with van der Waals surface area (Å²) in [5.41, 5.74) is 2.17.